The molecule has 0 radical (unpaired) electrons. The fraction of sp³-hybridized carbons (Fsp3) is 0.375. The van der Waals surface area contributed by atoms with Gasteiger partial charge < -0.3 is 10.1 Å². The zero-order chi connectivity index (χ0) is 26.6. The molecule has 11 heteroatoms. The van der Waals surface area contributed by atoms with Crippen molar-refractivity contribution in [3.05, 3.63) is 52.8 Å². The van der Waals surface area contributed by atoms with E-state index in [4.69, 9.17) is 10.00 Å². The van der Waals surface area contributed by atoms with Crippen LogP contribution in [-0.2, 0) is 15.7 Å². The van der Waals surface area contributed by atoms with Crippen LogP contribution in [0.2, 0.25) is 0 Å². The number of hydrogen-bond donors (Lipinski definition) is 2. The molecular weight excluding hydrogens is 465 g/mol. The van der Waals surface area contributed by atoms with Crippen molar-refractivity contribution >= 4 is 29.2 Å². The number of alkyl halides is 3. The minimum atomic E-state index is -4.73. The van der Waals surface area contributed by atoms with Crippen LogP contribution in [0.4, 0.5) is 29.3 Å². The van der Waals surface area contributed by atoms with Crippen molar-refractivity contribution in [1.29, 1.82) is 5.26 Å². The average Bonchev–Trinajstić information content (AvgIpc) is 2.72. The number of pyridine rings is 1. The Balaban J connectivity index is 2.41. The maximum absolute atomic E-state index is 13.7. The number of ketones is 1. The molecule has 2 aromatic rings. The van der Waals surface area contributed by atoms with Crippen molar-refractivity contribution in [1.82, 2.24) is 4.98 Å². The Morgan fingerprint density at radius 2 is 1.71 bits per heavy atom. The zero-order valence-corrected chi connectivity index (χ0v) is 19.8. The van der Waals surface area contributed by atoms with Crippen molar-refractivity contribution in [2.45, 2.75) is 58.7 Å². The molecule has 0 aliphatic carbocycles. The van der Waals surface area contributed by atoms with Crippen LogP contribution in [0.25, 0.3) is 0 Å². The Bertz CT molecular complexity index is 1180. The number of nitriles is 1. The summed E-state index contributed by atoms with van der Waals surface area (Å²) in [6.07, 6.45) is -5.15. The number of halogens is 3. The van der Waals surface area contributed by atoms with Gasteiger partial charge in [-0.3, -0.25) is 14.9 Å². The lowest BCUT2D eigenvalue weighted by Gasteiger charge is -2.23. The first-order valence-corrected chi connectivity index (χ1v) is 10.5. The molecule has 0 aliphatic rings. The molecule has 35 heavy (non-hydrogen) atoms. The van der Waals surface area contributed by atoms with Gasteiger partial charge in [0.15, 0.2) is 5.78 Å². The standard InChI is InChI=1S/C24H25F3N4O4/c1-13(2)16-9-18(31-22(34)35-23(3,4)5)19(10-17(16)24(25,26)27)30-21(33)11-20(32)14-6-7-29-15(8-14)12-28/h6-10,13H,11H2,1-5H3,(H,30,33)(H,31,34). The molecule has 0 saturated carbocycles. The second kappa shape index (κ2) is 10.5. The minimum Gasteiger partial charge on any atom is -0.444 e. The highest BCUT2D eigenvalue weighted by Crippen LogP contribution is 2.40. The molecule has 0 saturated heterocycles. The Morgan fingerprint density at radius 1 is 1.09 bits per heavy atom. The Morgan fingerprint density at radius 3 is 2.26 bits per heavy atom. The number of rotatable bonds is 6. The summed E-state index contributed by atoms with van der Waals surface area (Å²) in [4.78, 5) is 41.0. The van der Waals surface area contributed by atoms with E-state index in [1.54, 1.807) is 40.7 Å². The van der Waals surface area contributed by atoms with Crippen LogP contribution in [-0.4, -0.2) is 28.4 Å². The largest absolute Gasteiger partial charge is 0.444 e. The number of aromatic nitrogens is 1. The van der Waals surface area contributed by atoms with E-state index in [1.807, 2.05) is 0 Å². The summed E-state index contributed by atoms with van der Waals surface area (Å²) in [6, 6.07) is 6.11. The van der Waals surface area contributed by atoms with E-state index in [1.165, 1.54) is 18.3 Å². The van der Waals surface area contributed by atoms with Gasteiger partial charge >= 0.3 is 12.3 Å². The van der Waals surface area contributed by atoms with E-state index >= 15 is 0 Å². The zero-order valence-electron chi connectivity index (χ0n) is 19.8. The monoisotopic (exact) mass is 490 g/mol. The van der Waals surface area contributed by atoms with Crippen LogP contribution >= 0.6 is 0 Å². The van der Waals surface area contributed by atoms with Crippen LogP contribution in [0.5, 0.6) is 0 Å². The first-order chi connectivity index (χ1) is 16.1. The summed E-state index contributed by atoms with van der Waals surface area (Å²) in [6.45, 7) is 7.96. The normalized spacial score (nSPS) is 11.5. The van der Waals surface area contributed by atoms with Crippen LogP contribution < -0.4 is 10.6 Å². The molecule has 2 N–H and O–H groups in total. The lowest BCUT2D eigenvalue weighted by Crippen LogP contribution is -2.28. The molecule has 0 fully saturated rings. The van der Waals surface area contributed by atoms with Crippen molar-refractivity contribution < 1.29 is 32.3 Å². The summed E-state index contributed by atoms with van der Waals surface area (Å²) in [7, 11) is 0. The number of benzene rings is 1. The highest BCUT2D eigenvalue weighted by Gasteiger charge is 2.35. The molecule has 1 heterocycles. The summed E-state index contributed by atoms with van der Waals surface area (Å²) in [5.74, 6) is -2.14. The summed E-state index contributed by atoms with van der Waals surface area (Å²) < 4.78 is 46.4. The topological polar surface area (TPSA) is 121 Å². The third-order valence-electron chi connectivity index (χ3n) is 4.54. The second-order valence-corrected chi connectivity index (χ2v) is 8.95. The van der Waals surface area contributed by atoms with Crippen molar-refractivity contribution in [2.75, 3.05) is 10.6 Å². The number of carbonyl (C=O) groups is 3. The van der Waals surface area contributed by atoms with Crippen LogP contribution in [0, 0.1) is 11.3 Å². The molecule has 8 nitrogen and oxygen atoms in total. The smallest absolute Gasteiger partial charge is 0.416 e. The van der Waals surface area contributed by atoms with E-state index in [2.05, 4.69) is 15.6 Å². The number of amides is 2. The molecule has 186 valence electrons. The lowest BCUT2D eigenvalue weighted by molar-refractivity contribution is -0.138. The first kappa shape index (κ1) is 27.3. The van der Waals surface area contributed by atoms with Crippen molar-refractivity contribution in [3.63, 3.8) is 0 Å². The molecule has 0 bridgehead atoms. The maximum Gasteiger partial charge on any atom is 0.416 e. The molecule has 1 aromatic carbocycles. The molecule has 0 spiro atoms. The summed E-state index contributed by atoms with van der Waals surface area (Å²) in [5.41, 5.74) is -2.41. The Hall–Kier alpha value is -3.94. The lowest BCUT2D eigenvalue weighted by atomic mass is 9.95. The first-order valence-electron chi connectivity index (χ1n) is 10.5. The van der Waals surface area contributed by atoms with E-state index in [0.717, 1.165) is 6.07 Å². The van der Waals surface area contributed by atoms with Gasteiger partial charge in [0, 0.05) is 11.8 Å². The molecule has 2 amide bonds. The molecular formula is C24H25F3N4O4. The number of hydrogen-bond acceptors (Lipinski definition) is 6. The second-order valence-electron chi connectivity index (χ2n) is 8.95. The third-order valence-corrected chi connectivity index (χ3v) is 4.54. The predicted molar refractivity (Wildman–Crippen MR) is 122 cm³/mol. The van der Waals surface area contributed by atoms with Crippen molar-refractivity contribution in [2.24, 2.45) is 0 Å². The van der Waals surface area contributed by atoms with E-state index in [-0.39, 0.29) is 28.2 Å². The van der Waals surface area contributed by atoms with E-state index < -0.39 is 47.5 Å². The number of ether oxygens (including phenoxy) is 1. The van der Waals surface area contributed by atoms with Gasteiger partial charge in [-0.15, -0.1) is 0 Å². The number of nitrogens with one attached hydrogen (secondary N) is 2. The summed E-state index contributed by atoms with van der Waals surface area (Å²) >= 11 is 0. The molecule has 0 unspecified atom stereocenters. The molecule has 1 aromatic heterocycles. The van der Waals surface area contributed by atoms with Crippen LogP contribution in [0.3, 0.4) is 0 Å². The minimum absolute atomic E-state index is 0.0285. The van der Waals surface area contributed by atoms with Gasteiger partial charge in [-0.05, 0) is 56.5 Å². The quantitative estimate of drug-likeness (QED) is 0.398. The number of anilines is 2. The molecule has 0 aliphatic heterocycles. The van der Waals surface area contributed by atoms with Crippen molar-refractivity contribution in [3.8, 4) is 6.07 Å². The molecule has 2 rings (SSSR count). The third kappa shape index (κ3) is 7.81. The Labute approximate surface area is 200 Å². The fourth-order valence-corrected chi connectivity index (χ4v) is 3.07. The number of Topliss-reactive ketones (excluding diaryl/α,β-unsaturated/α-hetero) is 1. The fourth-order valence-electron chi connectivity index (χ4n) is 3.07. The number of nitrogens with zero attached hydrogens (tertiary/aromatic N) is 2. The highest BCUT2D eigenvalue weighted by atomic mass is 19.4. The Kier molecular flexibility index (Phi) is 8.23. The highest BCUT2D eigenvalue weighted by molar-refractivity contribution is 6.12. The van der Waals surface area contributed by atoms with E-state index in [0.29, 0.717) is 6.07 Å². The SMILES string of the molecule is CC(C)c1cc(NC(=O)OC(C)(C)C)c(NC(=O)CC(=O)c2ccnc(C#N)c2)cc1C(F)(F)F. The van der Waals surface area contributed by atoms with Gasteiger partial charge in [0.25, 0.3) is 0 Å². The molecule has 0 atom stereocenters. The van der Waals surface area contributed by atoms with Crippen LogP contribution in [0.15, 0.2) is 30.5 Å². The predicted octanol–water partition coefficient (Wildman–Crippen LogP) is 5.65. The van der Waals surface area contributed by atoms with Gasteiger partial charge in [0.1, 0.15) is 17.4 Å². The van der Waals surface area contributed by atoms with Gasteiger partial charge in [-0.1, -0.05) is 13.8 Å². The van der Waals surface area contributed by atoms with Gasteiger partial charge in [-0.25, -0.2) is 9.78 Å². The van der Waals surface area contributed by atoms with Gasteiger partial charge in [0.05, 0.1) is 23.4 Å². The number of carbonyl (C=O) groups excluding carboxylic acids is 3. The van der Waals surface area contributed by atoms with E-state index in [9.17, 15) is 27.6 Å². The summed E-state index contributed by atoms with van der Waals surface area (Å²) in [5, 5.41) is 13.6. The van der Waals surface area contributed by atoms with Gasteiger partial charge in [-0.2, -0.15) is 18.4 Å². The average molecular weight is 490 g/mol. The maximum atomic E-state index is 13.7. The van der Waals surface area contributed by atoms with Crippen LogP contribution in [0.1, 0.15) is 74.1 Å². The van der Waals surface area contributed by atoms with Gasteiger partial charge in [0.2, 0.25) is 5.91 Å².